The molecular formula is C25H28FN5O6. The van der Waals surface area contributed by atoms with Crippen molar-refractivity contribution in [2.45, 2.75) is 44.4 Å². The highest BCUT2D eigenvalue weighted by atomic mass is 19.1. The Balaban J connectivity index is 1.47. The van der Waals surface area contributed by atoms with Gasteiger partial charge in [-0.2, -0.15) is 0 Å². The van der Waals surface area contributed by atoms with Crippen LogP contribution in [0.1, 0.15) is 37.4 Å². The number of carbonyl (C=O) groups is 2. The van der Waals surface area contributed by atoms with Gasteiger partial charge in [0, 0.05) is 20.0 Å². The molecule has 5 rings (SSSR count). The van der Waals surface area contributed by atoms with E-state index < -0.39 is 35.5 Å². The maximum atomic E-state index is 16.7. The molecule has 4 heterocycles. The molecule has 196 valence electrons. The van der Waals surface area contributed by atoms with E-state index in [1.807, 2.05) is 4.90 Å². The summed E-state index contributed by atoms with van der Waals surface area (Å²) in [6.07, 6.45) is 0.426. The Morgan fingerprint density at radius 1 is 1.14 bits per heavy atom. The summed E-state index contributed by atoms with van der Waals surface area (Å²) in [5.74, 6) is -0.682. The maximum absolute atomic E-state index is 16.7. The van der Waals surface area contributed by atoms with Crippen molar-refractivity contribution < 1.29 is 32.9 Å². The van der Waals surface area contributed by atoms with Crippen molar-refractivity contribution in [2.75, 3.05) is 37.8 Å². The van der Waals surface area contributed by atoms with Crippen molar-refractivity contribution >= 4 is 28.9 Å². The van der Waals surface area contributed by atoms with E-state index in [9.17, 15) is 9.59 Å². The number of ether oxygens (including phenoxy) is 4. The van der Waals surface area contributed by atoms with E-state index in [2.05, 4.69) is 15.0 Å². The number of hydrogen-bond acceptors (Lipinski definition) is 10. The van der Waals surface area contributed by atoms with Crippen molar-refractivity contribution in [3.8, 4) is 0 Å². The van der Waals surface area contributed by atoms with Crippen LogP contribution in [0.5, 0.6) is 0 Å². The number of rotatable bonds is 6. The number of halogens is 1. The molecular weight excluding hydrogens is 485 g/mol. The number of carbonyl (C=O) groups excluding carboxylic acids is 2. The SMILES string of the molecule is CC(=O)O[C@]1(C)[C@@H](COC(=O)c2ccccc2)O[C@H](n2cnc3c(N4CCOCC4)ncnc32)[C@]1(C)F. The summed E-state index contributed by atoms with van der Waals surface area (Å²) in [4.78, 5) is 39.8. The Hall–Kier alpha value is -3.64. The van der Waals surface area contributed by atoms with E-state index in [4.69, 9.17) is 18.9 Å². The number of imidazole rings is 1. The summed E-state index contributed by atoms with van der Waals surface area (Å²) in [5.41, 5.74) is -2.85. The zero-order valence-electron chi connectivity index (χ0n) is 20.8. The second kappa shape index (κ2) is 9.67. The van der Waals surface area contributed by atoms with E-state index in [-0.39, 0.29) is 6.61 Å². The fourth-order valence-electron chi connectivity index (χ4n) is 4.79. The van der Waals surface area contributed by atoms with Crippen LogP contribution in [0.4, 0.5) is 10.2 Å². The molecule has 12 heteroatoms. The molecule has 2 saturated heterocycles. The van der Waals surface area contributed by atoms with Gasteiger partial charge in [0.2, 0.25) is 0 Å². The molecule has 37 heavy (non-hydrogen) atoms. The van der Waals surface area contributed by atoms with Crippen LogP contribution < -0.4 is 4.90 Å². The Labute approximate surface area is 212 Å². The molecule has 0 radical (unpaired) electrons. The molecule has 1 aromatic carbocycles. The lowest BCUT2D eigenvalue weighted by Gasteiger charge is -2.36. The quantitative estimate of drug-likeness (QED) is 0.455. The molecule has 2 aromatic heterocycles. The third kappa shape index (κ3) is 4.40. The Bertz CT molecular complexity index is 1300. The smallest absolute Gasteiger partial charge is 0.338 e. The number of alkyl halides is 1. The van der Waals surface area contributed by atoms with Gasteiger partial charge < -0.3 is 23.8 Å². The molecule has 11 nitrogen and oxygen atoms in total. The lowest BCUT2D eigenvalue weighted by molar-refractivity contribution is -0.175. The zero-order chi connectivity index (χ0) is 26.2. The molecule has 0 bridgehead atoms. The van der Waals surface area contributed by atoms with Gasteiger partial charge in [-0.15, -0.1) is 0 Å². The molecule has 0 aliphatic carbocycles. The Morgan fingerprint density at radius 2 is 1.86 bits per heavy atom. The Kier molecular flexibility index (Phi) is 6.54. The predicted molar refractivity (Wildman–Crippen MR) is 129 cm³/mol. The van der Waals surface area contributed by atoms with E-state index in [0.717, 1.165) is 0 Å². The molecule has 0 N–H and O–H groups in total. The maximum Gasteiger partial charge on any atom is 0.338 e. The van der Waals surface area contributed by atoms with Gasteiger partial charge in [-0.1, -0.05) is 18.2 Å². The first-order valence-electron chi connectivity index (χ1n) is 12.0. The molecule has 2 aliphatic rings. The highest BCUT2D eigenvalue weighted by Crippen LogP contribution is 2.51. The molecule has 3 aromatic rings. The Morgan fingerprint density at radius 3 is 2.57 bits per heavy atom. The van der Waals surface area contributed by atoms with E-state index in [0.29, 0.717) is 48.8 Å². The van der Waals surface area contributed by atoms with Crippen LogP contribution in [0, 0.1) is 0 Å². The van der Waals surface area contributed by atoms with Crippen LogP contribution in [-0.2, 0) is 23.7 Å². The van der Waals surface area contributed by atoms with Crippen LogP contribution in [0.3, 0.4) is 0 Å². The number of benzene rings is 1. The largest absolute Gasteiger partial charge is 0.459 e. The second-order valence-electron chi connectivity index (χ2n) is 9.34. The van der Waals surface area contributed by atoms with Gasteiger partial charge in [0.05, 0.1) is 25.1 Å². The van der Waals surface area contributed by atoms with Crippen LogP contribution in [0.2, 0.25) is 0 Å². The minimum atomic E-state index is -2.25. The summed E-state index contributed by atoms with van der Waals surface area (Å²) in [6.45, 7) is 5.97. The number of aromatic nitrogens is 4. The molecule has 0 saturated carbocycles. The standard InChI is InChI=1S/C25H28FN5O6/c1-16(32)37-25(3)18(13-35-22(33)17-7-5-4-6-8-17)36-23(24(25,2)26)31-15-29-19-20(27-14-28-21(19)31)30-9-11-34-12-10-30/h4-8,14-15,18,23H,9-13H2,1-3H3/t18-,23+,24+,25-/m1/s1. The monoisotopic (exact) mass is 513 g/mol. The first-order chi connectivity index (χ1) is 17.7. The minimum absolute atomic E-state index is 0.335. The average molecular weight is 514 g/mol. The zero-order valence-corrected chi connectivity index (χ0v) is 20.8. The van der Waals surface area contributed by atoms with Gasteiger partial charge in [-0.25, -0.2) is 24.1 Å². The normalized spacial score (nSPS) is 27.8. The summed E-state index contributed by atoms with van der Waals surface area (Å²) in [7, 11) is 0. The van der Waals surface area contributed by atoms with Gasteiger partial charge in [0.15, 0.2) is 34.5 Å². The van der Waals surface area contributed by atoms with Crippen molar-refractivity contribution in [3.63, 3.8) is 0 Å². The fourth-order valence-corrected chi connectivity index (χ4v) is 4.79. The minimum Gasteiger partial charge on any atom is -0.459 e. The highest BCUT2D eigenvalue weighted by molar-refractivity contribution is 5.89. The van der Waals surface area contributed by atoms with E-state index in [1.54, 1.807) is 30.3 Å². The summed E-state index contributed by atoms with van der Waals surface area (Å²) < 4.78 is 40.6. The molecule has 0 amide bonds. The van der Waals surface area contributed by atoms with Crippen LogP contribution in [0.25, 0.3) is 11.2 Å². The third-order valence-electron chi connectivity index (χ3n) is 6.98. The van der Waals surface area contributed by atoms with Crippen molar-refractivity contribution in [1.82, 2.24) is 19.5 Å². The molecule has 2 aliphatic heterocycles. The highest BCUT2D eigenvalue weighted by Gasteiger charge is 2.66. The average Bonchev–Trinajstić information content (AvgIpc) is 3.39. The molecule has 4 atom stereocenters. The number of esters is 2. The lowest BCUT2D eigenvalue weighted by Crippen LogP contribution is -2.55. The van der Waals surface area contributed by atoms with Gasteiger partial charge in [-0.05, 0) is 26.0 Å². The number of hydrogen-bond donors (Lipinski definition) is 0. The number of fused-ring (bicyclic) bond motifs is 1. The summed E-state index contributed by atoms with van der Waals surface area (Å²) >= 11 is 0. The van der Waals surface area contributed by atoms with Crippen LogP contribution in [-0.4, -0.2) is 81.7 Å². The summed E-state index contributed by atoms with van der Waals surface area (Å²) in [6, 6.07) is 8.40. The van der Waals surface area contributed by atoms with Crippen molar-refractivity contribution in [2.24, 2.45) is 0 Å². The number of nitrogens with zero attached hydrogens (tertiary/aromatic N) is 5. The summed E-state index contributed by atoms with van der Waals surface area (Å²) in [5, 5.41) is 0. The van der Waals surface area contributed by atoms with Gasteiger partial charge in [-0.3, -0.25) is 9.36 Å². The third-order valence-corrected chi connectivity index (χ3v) is 6.98. The molecule has 2 fully saturated rings. The van der Waals surface area contributed by atoms with Gasteiger partial charge in [0.25, 0.3) is 0 Å². The second-order valence-corrected chi connectivity index (χ2v) is 9.34. The fraction of sp³-hybridized carbons (Fsp3) is 0.480. The van der Waals surface area contributed by atoms with Gasteiger partial charge >= 0.3 is 11.9 Å². The van der Waals surface area contributed by atoms with Crippen molar-refractivity contribution in [1.29, 1.82) is 0 Å². The van der Waals surface area contributed by atoms with Crippen molar-refractivity contribution in [3.05, 3.63) is 48.5 Å². The van der Waals surface area contributed by atoms with Gasteiger partial charge in [0.1, 0.15) is 19.0 Å². The topological polar surface area (TPSA) is 118 Å². The lowest BCUT2D eigenvalue weighted by atomic mass is 9.84. The molecule has 0 unspecified atom stereocenters. The molecule has 0 spiro atoms. The van der Waals surface area contributed by atoms with E-state index in [1.165, 1.54) is 38.0 Å². The van der Waals surface area contributed by atoms with Crippen LogP contribution in [0.15, 0.2) is 43.0 Å². The van der Waals surface area contributed by atoms with Crippen LogP contribution >= 0.6 is 0 Å². The predicted octanol–water partition coefficient (Wildman–Crippen LogP) is 2.47. The first-order valence-corrected chi connectivity index (χ1v) is 12.0. The number of morpholine rings is 1. The number of anilines is 1. The van der Waals surface area contributed by atoms with E-state index >= 15 is 4.39 Å². The first kappa shape index (κ1) is 25.0.